The third kappa shape index (κ3) is 3.81. The molecule has 0 unspecified atom stereocenters. The second kappa shape index (κ2) is 7.22. The molecule has 0 spiro atoms. The van der Waals surface area contributed by atoms with Gasteiger partial charge in [-0.1, -0.05) is 6.08 Å². The van der Waals surface area contributed by atoms with Crippen molar-refractivity contribution in [3.63, 3.8) is 0 Å². The van der Waals surface area contributed by atoms with Crippen LogP contribution in [0.2, 0.25) is 0 Å². The van der Waals surface area contributed by atoms with Crippen LogP contribution in [0.1, 0.15) is 11.3 Å². The molecule has 4 nitrogen and oxygen atoms in total. The van der Waals surface area contributed by atoms with Crippen LogP contribution in [0, 0.1) is 0 Å². The molecular formula is C12H20N2O2. The molecule has 1 rings (SSSR count). The number of hydrogen-bond acceptors (Lipinski definition) is 4. The quantitative estimate of drug-likeness (QED) is 0.646. The lowest BCUT2D eigenvalue weighted by Gasteiger charge is -2.19. The van der Waals surface area contributed by atoms with Crippen LogP contribution >= 0.6 is 0 Å². The molecule has 90 valence electrons. The molecule has 0 radical (unpaired) electrons. The van der Waals surface area contributed by atoms with Crippen molar-refractivity contribution in [2.45, 2.75) is 13.1 Å². The standard InChI is InChI=1S/C12H20N2O2/c1-3-5-14(6-7-15)10-11-4-8-16-12(11)9-13-2/h3-4,8,13,15H,1,5-7,9-10H2,2H3. The molecule has 4 heteroatoms. The fourth-order valence-corrected chi connectivity index (χ4v) is 1.62. The number of rotatable bonds is 8. The van der Waals surface area contributed by atoms with Gasteiger partial charge in [0.25, 0.3) is 0 Å². The van der Waals surface area contributed by atoms with E-state index in [0.717, 1.165) is 31.0 Å². The maximum Gasteiger partial charge on any atom is 0.122 e. The fourth-order valence-electron chi connectivity index (χ4n) is 1.62. The van der Waals surface area contributed by atoms with Crippen molar-refractivity contribution in [3.05, 3.63) is 36.3 Å². The average molecular weight is 224 g/mol. The van der Waals surface area contributed by atoms with Crippen LogP contribution in [-0.4, -0.2) is 36.8 Å². The summed E-state index contributed by atoms with van der Waals surface area (Å²) in [4.78, 5) is 2.12. The average Bonchev–Trinajstić information content (AvgIpc) is 2.67. The highest BCUT2D eigenvalue weighted by Gasteiger charge is 2.09. The first-order valence-corrected chi connectivity index (χ1v) is 5.45. The molecule has 0 saturated carbocycles. The first-order chi connectivity index (χ1) is 7.81. The zero-order valence-corrected chi connectivity index (χ0v) is 9.78. The van der Waals surface area contributed by atoms with Crippen molar-refractivity contribution in [2.75, 3.05) is 26.7 Å². The SMILES string of the molecule is C=CCN(CCO)Cc1ccoc1CNC. The minimum absolute atomic E-state index is 0.160. The zero-order chi connectivity index (χ0) is 11.8. The van der Waals surface area contributed by atoms with Crippen LogP contribution in [-0.2, 0) is 13.1 Å². The maximum absolute atomic E-state index is 8.95. The van der Waals surface area contributed by atoms with Gasteiger partial charge in [-0.2, -0.15) is 0 Å². The molecule has 0 aliphatic carbocycles. The maximum atomic E-state index is 8.95. The minimum atomic E-state index is 0.160. The summed E-state index contributed by atoms with van der Waals surface area (Å²) in [6.45, 7) is 6.79. The lowest BCUT2D eigenvalue weighted by molar-refractivity contribution is 0.202. The molecule has 1 aromatic rings. The Hall–Kier alpha value is -1.10. The Balaban J connectivity index is 2.60. The highest BCUT2D eigenvalue weighted by atomic mass is 16.3. The monoisotopic (exact) mass is 224 g/mol. The summed E-state index contributed by atoms with van der Waals surface area (Å²) in [5.74, 6) is 0.953. The number of nitrogens with zero attached hydrogens (tertiary/aromatic N) is 1. The molecular weight excluding hydrogens is 204 g/mol. The lowest BCUT2D eigenvalue weighted by atomic mass is 10.2. The number of aliphatic hydroxyl groups is 1. The number of hydrogen-bond donors (Lipinski definition) is 2. The van der Waals surface area contributed by atoms with E-state index in [2.05, 4.69) is 16.8 Å². The molecule has 0 bridgehead atoms. The Morgan fingerprint density at radius 3 is 3.06 bits per heavy atom. The molecule has 0 aliphatic heterocycles. The van der Waals surface area contributed by atoms with Crippen molar-refractivity contribution in [1.29, 1.82) is 0 Å². The summed E-state index contributed by atoms with van der Waals surface area (Å²) in [7, 11) is 1.89. The van der Waals surface area contributed by atoms with Crippen LogP contribution in [0.3, 0.4) is 0 Å². The van der Waals surface area contributed by atoms with Gasteiger partial charge in [-0.25, -0.2) is 0 Å². The first kappa shape index (κ1) is 13.0. The van der Waals surface area contributed by atoms with Gasteiger partial charge in [0.2, 0.25) is 0 Å². The van der Waals surface area contributed by atoms with Crippen molar-refractivity contribution >= 4 is 0 Å². The Bertz CT molecular complexity index is 310. The fraction of sp³-hybridized carbons (Fsp3) is 0.500. The van der Waals surface area contributed by atoms with Gasteiger partial charge in [-0.3, -0.25) is 4.90 Å². The van der Waals surface area contributed by atoms with Gasteiger partial charge < -0.3 is 14.8 Å². The summed E-state index contributed by atoms with van der Waals surface area (Å²) in [5.41, 5.74) is 1.16. The van der Waals surface area contributed by atoms with E-state index in [4.69, 9.17) is 9.52 Å². The molecule has 0 saturated heterocycles. The Morgan fingerprint density at radius 1 is 1.62 bits per heavy atom. The van der Waals surface area contributed by atoms with E-state index in [1.807, 2.05) is 19.2 Å². The summed E-state index contributed by atoms with van der Waals surface area (Å²) < 4.78 is 5.38. The predicted molar refractivity (Wildman–Crippen MR) is 64.0 cm³/mol. The van der Waals surface area contributed by atoms with Crippen molar-refractivity contribution in [3.8, 4) is 0 Å². The van der Waals surface area contributed by atoms with E-state index < -0.39 is 0 Å². The van der Waals surface area contributed by atoms with Crippen molar-refractivity contribution in [2.24, 2.45) is 0 Å². The Morgan fingerprint density at radius 2 is 2.44 bits per heavy atom. The van der Waals surface area contributed by atoms with Crippen molar-refractivity contribution in [1.82, 2.24) is 10.2 Å². The van der Waals surface area contributed by atoms with E-state index in [9.17, 15) is 0 Å². The zero-order valence-electron chi connectivity index (χ0n) is 9.78. The van der Waals surface area contributed by atoms with E-state index in [1.54, 1.807) is 6.26 Å². The minimum Gasteiger partial charge on any atom is -0.468 e. The molecule has 0 fully saturated rings. The topological polar surface area (TPSA) is 48.6 Å². The van der Waals surface area contributed by atoms with Crippen LogP contribution in [0.5, 0.6) is 0 Å². The van der Waals surface area contributed by atoms with Gasteiger partial charge in [0.1, 0.15) is 5.76 Å². The van der Waals surface area contributed by atoms with Crippen LogP contribution in [0.15, 0.2) is 29.4 Å². The molecule has 16 heavy (non-hydrogen) atoms. The summed E-state index contributed by atoms with van der Waals surface area (Å²) >= 11 is 0. The van der Waals surface area contributed by atoms with Gasteiger partial charge in [-0.05, 0) is 13.1 Å². The van der Waals surface area contributed by atoms with Gasteiger partial charge in [0.15, 0.2) is 0 Å². The van der Waals surface area contributed by atoms with E-state index in [-0.39, 0.29) is 6.61 Å². The smallest absolute Gasteiger partial charge is 0.122 e. The lowest BCUT2D eigenvalue weighted by Crippen LogP contribution is -2.27. The molecule has 0 aliphatic rings. The van der Waals surface area contributed by atoms with E-state index in [1.165, 1.54) is 0 Å². The number of nitrogens with one attached hydrogen (secondary N) is 1. The van der Waals surface area contributed by atoms with Gasteiger partial charge >= 0.3 is 0 Å². The largest absolute Gasteiger partial charge is 0.468 e. The normalized spacial score (nSPS) is 10.9. The van der Waals surface area contributed by atoms with Gasteiger partial charge in [-0.15, -0.1) is 6.58 Å². The molecule has 0 aromatic carbocycles. The summed E-state index contributed by atoms with van der Waals surface area (Å²) in [6, 6.07) is 1.97. The van der Waals surface area contributed by atoms with E-state index >= 15 is 0 Å². The first-order valence-electron chi connectivity index (χ1n) is 5.45. The molecule has 2 N–H and O–H groups in total. The van der Waals surface area contributed by atoms with Crippen molar-refractivity contribution < 1.29 is 9.52 Å². The molecule has 1 aromatic heterocycles. The number of furan rings is 1. The van der Waals surface area contributed by atoms with Gasteiger partial charge in [0.05, 0.1) is 19.4 Å². The predicted octanol–water partition coefficient (Wildman–Crippen LogP) is 0.979. The van der Waals surface area contributed by atoms with Crippen LogP contribution in [0.4, 0.5) is 0 Å². The second-order valence-corrected chi connectivity index (χ2v) is 3.65. The highest BCUT2D eigenvalue weighted by molar-refractivity contribution is 5.16. The molecule has 0 atom stereocenters. The second-order valence-electron chi connectivity index (χ2n) is 3.65. The van der Waals surface area contributed by atoms with Gasteiger partial charge in [0, 0.05) is 25.2 Å². The third-order valence-electron chi connectivity index (χ3n) is 2.37. The summed E-state index contributed by atoms with van der Waals surface area (Å²) in [6.07, 6.45) is 3.54. The highest BCUT2D eigenvalue weighted by Crippen LogP contribution is 2.13. The third-order valence-corrected chi connectivity index (χ3v) is 2.37. The van der Waals surface area contributed by atoms with Crippen LogP contribution < -0.4 is 5.32 Å². The summed E-state index contributed by atoms with van der Waals surface area (Å²) in [5, 5.41) is 12.0. The molecule has 1 heterocycles. The Labute approximate surface area is 96.6 Å². The Kier molecular flexibility index (Phi) is 5.85. The van der Waals surface area contributed by atoms with Crippen LogP contribution in [0.25, 0.3) is 0 Å². The van der Waals surface area contributed by atoms with E-state index in [0.29, 0.717) is 6.54 Å². The molecule has 0 amide bonds. The number of aliphatic hydroxyl groups excluding tert-OH is 1.